The maximum Gasteiger partial charge on any atom is 0.245 e. The minimum atomic E-state index is 0.0522. The van der Waals surface area contributed by atoms with Crippen molar-refractivity contribution in [3.63, 3.8) is 0 Å². The fourth-order valence-electron chi connectivity index (χ4n) is 3.12. The molecular formula is C18H20N2O. The van der Waals surface area contributed by atoms with Crippen LogP contribution in [0.3, 0.4) is 0 Å². The van der Waals surface area contributed by atoms with Gasteiger partial charge in [0.2, 0.25) is 5.91 Å². The summed E-state index contributed by atoms with van der Waals surface area (Å²) in [5.41, 5.74) is 2.29. The number of likely N-dealkylation sites (tertiary alicyclic amines) is 1. The Morgan fingerprint density at radius 2 is 2.29 bits per heavy atom. The summed E-state index contributed by atoms with van der Waals surface area (Å²) in [5, 5.41) is 1.19. The number of fused-ring (bicyclic) bond motifs is 1. The van der Waals surface area contributed by atoms with Crippen molar-refractivity contribution in [2.75, 3.05) is 13.1 Å². The lowest BCUT2D eigenvalue weighted by Crippen LogP contribution is -2.39. The first kappa shape index (κ1) is 13.8. The van der Waals surface area contributed by atoms with E-state index in [-0.39, 0.29) is 5.91 Å². The Hall–Kier alpha value is -2.16. The van der Waals surface area contributed by atoms with E-state index in [2.05, 4.69) is 23.7 Å². The Bertz CT molecular complexity index is 665. The Balaban J connectivity index is 1.72. The largest absolute Gasteiger partial charge is 0.339 e. The molecule has 1 unspecified atom stereocenters. The zero-order valence-electron chi connectivity index (χ0n) is 12.2. The molecule has 0 radical (unpaired) electrons. The second-order valence-corrected chi connectivity index (χ2v) is 5.74. The van der Waals surface area contributed by atoms with Crippen LogP contribution in [0.5, 0.6) is 0 Å². The number of benzene rings is 1. The summed E-state index contributed by atoms with van der Waals surface area (Å²) in [7, 11) is 0. The van der Waals surface area contributed by atoms with E-state index in [9.17, 15) is 4.79 Å². The highest BCUT2D eigenvalue weighted by Gasteiger charge is 2.22. The zero-order chi connectivity index (χ0) is 14.7. The molecule has 108 valence electrons. The lowest BCUT2D eigenvalue weighted by atomic mass is 9.91. The molecule has 3 heteroatoms. The molecule has 21 heavy (non-hydrogen) atoms. The number of hydrogen-bond acceptors (Lipinski definition) is 2. The van der Waals surface area contributed by atoms with E-state index in [4.69, 9.17) is 0 Å². The quantitative estimate of drug-likeness (QED) is 0.809. The number of hydrogen-bond donors (Lipinski definition) is 0. The number of piperidine rings is 1. The number of amides is 1. The maximum atomic E-state index is 11.7. The molecule has 2 aromatic rings. The van der Waals surface area contributed by atoms with E-state index in [1.54, 1.807) is 0 Å². The van der Waals surface area contributed by atoms with Crippen LogP contribution in [0.25, 0.3) is 10.9 Å². The first-order valence-electron chi connectivity index (χ1n) is 7.51. The molecule has 0 N–H and O–H groups in total. The molecule has 0 spiro atoms. The summed E-state index contributed by atoms with van der Waals surface area (Å²) < 4.78 is 0. The number of pyridine rings is 1. The summed E-state index contributed by atoms with van der Waals surface area (Å²) in [6.07, 6.45) is 6.62. The van der Waals surface area contributed by atoms with Gasteiger partial charge in [-0.05, 0) is 49.0 Å². The van der Waals surface area contributed by atoms with E-state index in [0.717, 1.165) is 31.4 Å². The maximum absolute atomic E-state index is 11.7. The molecule has 0 bridgehead atoms. The van der Waals surface area contributed by atoms with Gasteiger partial charge in [0.15, 0.2) is 0 Å². The highest BCUT2D eigenvalue weighted by Crippen LogP contribution is 2.22. The first-order chi connectivity index (χ1) is 10.3. The Kier molecular flexibility index (Phi) is 4.00. The number of rotatable bonds is 3. The van der Waals surface area contributed by atoms with Crippen molar-refractivity contribution >= 4 is 16.8 Å². The van der Waals surface area contributed by atoms with Crippen LogP contribution in [0.15, 0.2) is 49.2 Å². The van der Waals surface area contributed by atoms with E-state index in [1.807, 2.05) is 29.3 Å². The van der Waals surface area contributed by atoms with Crippen LogP contribution >= 0.6 is 0 Å². The smallest absolute Gasteiger partial charge is 0.245 e. The van der Waals surface area contributed by atoms with Crippen LogP contribution in [0.1, 0.15) is 18.4 Å². The van der Waals surface area contributed by atoms with Gasteiger partial charge in [-0.1, -0.05) is 24.8 Å². The molecule has 0 aliphatic carbocycles. The molecule has 0 saturated carbocycles. The van der Waals surface area contributed by atoms with Crippen LogP contribution in [-0.4, -0.2) is 28.9 Å². The van der Waals surface area contributed by atoms with Crippen LogP contribution in [-0.2, 0) is 11.2 Å². The molecule has 1 saturated heterocycles. The van der Waals surface area contributed by atoms with Crippen LogP contribution in [0.2, 0.25) is 0 Å². The molecule has 1 fully saturated rings. The Morgan fingerprint density at radius 3 is 3.14 bits per heavy atom. The predicted octanol–water partition coefficient (Wildman–Crippen LogP) is 3.20. The van der Waals surface area contributed by atoms with Crippen molar-refractivity contribution in [1.82, 2.24) is 9.88 Å². The molecule has 2 heterocycles. The monoisotopic (exact) mass is 280 g/mol. The van der Waals surface area contributed by atoms with Crippen LogP contribution in [0.4, 0.5) is 0 Å². The fourth-order valence-corrected chi connectivity index (χ4v) is 3.12. The average molecular weight is 280 g/mol. The van der Waals surface area contributed by atoms with Gasteiger partial charge in [0.05, 0.1) is 5.52 Å². The molecule has 3 nitrogen and oxygen atoms in total. The van der Waals surface area contributed by atoms with Gasteiger partial charge in [-0.2, -0.15) is 0 Å². The Morgan fingerprint density at radius 1 is 1.43 bits per heavy atom. The van der Waals surface area contributed by atoms with Crippen LogP contribution < -0.4 is 0 Å². The Labute approximate surface area is 125 Å². The molecule has 3 rings (SSSR count). The second-order valence-electron chi connectivity index (χ2n) is 5.74. The van der Waals surface area contributed by atoms with Crippen molar-refractivity contribution in [3.05, 3.63) is 54.7 Å². The normalized spacial score (nSPS) is 18.7. The van der Waals surface area contributed by atoms with E-state index >= 15 is 0 Å². The fraction of sp³-hybridized carbons (Fsp3) is 0.333. The minimum absolute atomic E-state index is 0.0522. The van der Waals surface area contributed by atoms with Gasteiger partial charge in [-0.3, -0.25) is 9.78 Å². The van der Waals surface area contributed by atoms with Gasteiger partial charge in [-0.25, -0.2) is 0 Å². The molecular weight excluding hydrogens is 260 g/mol. The van der Waals surface area contributed by atoms with Crippen molar-refractivity contribution in [2.45, 2.75) is 19.3 Å². The highest BCUT2D eigenvalue weighted by atomic mass is 16.2. The number of carbonyl (C=O) groups excluding carboxylic acids is 1. The average Bonchev–Trinajstić information content (AvgIpc) is 2.54. The lowest BCUT2D eigenvalue weighted by Gasteiger charge is -2.32. The van der Waals surface area contributed by atoms with Gasteiger partial charge >= 0.3 is 0 Å². The summed E-state index contributed by atoms with van der Waals surface area (Å²) in [6, 6.07) is 10.4. The zero-order valence-corrected chi connectivity index (χ0v) is 12.2. The van der Waals surface area contributed by atoms with Gasteiger partial charge < -0.3 is 4.90 Å². The number of nitrogens with zero attached hydrogens (tertiary/aromatic N) is 2. The van der Waals surface area contributed by atoms with E-state index < -0.39 is 0 Å². The molecule has 1 aliphatic rings. The topological polar surface area (TPSA) is 33.2 Å². The molecule has 1 aliphatic heterocycles. The van der Waals surface area contributed by atoms with Crippen LogP contribution in [0, 0.1) is 5.92 Å². The highest BCUT2D eigenvalue weighted by molar-refractivity contribution is 5.87. The predicted molar refractivity (Wildman–Crippen MR) is 84.9 cm³/mol. The molecule has 1 aromatic heterocycles. The first-order valence-corrected chi connectivity index (χ1v) is 7.51. The number of para-hydroxylation sites is 1. The second kappa shape index (κ2) is 6.08. The summed E-state index contributed by atoms with van der Waals surface area (Å²) >= 11 is 0. The summed E-state index contributed by atoms with van der Waals surface area (Å²) in [6.45, 7) is 5.27. The van der Waals surface area contributed by atoms with E-state index in [1.165, 1.54) is 23.4 Å². The van der Waals surface area contributed by atoms with Crippen molar-refractivity contribution in [1.29, 1.82) is 0 Å². The molecule has 1 atom stereocenters. The SMILES string of the molecule is C=CC(=O)N1CCCC(Cc2cnc3ccccc3c2)C1. The number of carbonyl (C=O) groups is 1. The van der Waals surface area contributed by atoms with Gasteiger partial charge in [-0.15, -0.1) is 0 Å². The standard InChI is InChI=1S/C18H20N2O/c1-2-18(21)20-9-5-6-14(13-20)10-15-11-16-7-3-4-8-17(16)19-12-15/h2-4,7-8,11-12,14H,1,5-6,9-10,13H2. The van der Waals surface area contributed by atoms with Crippen molar-refractivity contribution < 1.29 is 4.79 Å². The molecule has 1 aromatic carbocycles. The van der Waals surface area contributed by atoms with Gasteiger partial charge in [0.1, 0.15) is 0 Å². The number of aromatic nitrogens is 1. The third-order valence-corrected chi connectivity index (χ3v) is 4.18. The van der Waals surface area contributed by atoms with Crippen molar-refractivity contribution in [2.24, 2.45) is 5.92 Å². The lowest BCUT2D eigenvalue weighted by molar-refractivity contribution is -0.127. The van der Waals surface area contributed by atoms with E-state index in [0.29, 0.717) is 5.92 Å². The summed E-state index contributed by atoms with van der Waals surface area (Å²) in [4.78, 5) is 18.2. The summed E-state index contributed by atoms with van der Waals surface area (Å²) in [5.74, 6) is 0.571. The third kappa shape index (κ3) is 3.13. The van der Waals surface area contributed by atoms with Gasteiger partial charge in [0.25, 0.3) is 0 Å². The van der Waals surface area contributed by atoms with Gasteiger partial charge in [0, 0.05) is 24.7 Å². The van der Waals surface area contributed by atoms with Crippen molar-refractivity contribution in [3.8, 4) is 0 Å². The third-order valence-electron chi connectivity index (χ3n) is 4.18. The minimum Gasteiger partial charge on any atom is -0.339 e. The molecule has 1 amide bonds.